The van der Waals surface area contributed by atoms with Gasteiger partial charge in [-0.25, -0.2) is 0 Å². The molecule has 0 spiro atoms. The van der Waals surface area contributed by atoms with E-state index < -0.39 is 0 Å². The summed E-state index contributed by atoms with van der Waals surface area (Å²) in [5, 5.41) is 1.91. The Morgan fingerprint density at radius 2 is 2.25 bits per heavy atom. The standard InChI is InChI=1S/C12H17NOS2/c1-8-3-4-9(2)13(6-8)12(14)11-5-10(15)7-16-11/h5,7-9,15H,3-4,6H2,1-2H3. The molecular formula is C12H17NOS2. The zero-order valence-corrected chi connectivity index (χ0v) is 11.4. The zero-order valence-electron chi connectivity index (χ0n) is 9.64. The van der Waals surface area contributed by atoms with Gasteiger partial charge in [-0.3, -0.25) is 4.79 Å². The second kappa shape index (κ2) is 4.80. The van der Waals surface area contributed by atoms with Crippen LogP contribution in [0.25, 0.3) is 0 Å². The number of carbonyl (C=O) groups is 1. The minimum absolute atomic E-state index is 0.171. The molecule has 0 aliphatic carbocycles. The van der Waals surface area contributed by atoms with Crippen molar-refractivity contribution in [1.82, 2.24) is 4.90 Å². The minimum atomic E-state index is 0.171. The van der Waals surface area contributed by atoms with Gasteiger partial charge in [0.05, 0.1) is 4.88 Å². The summed E-state index contributed by atoms with van der Waals surface area (Å²) in [6, 6.07) is 2.23. The maximum Gasteiger partial charge on any atom is 0.264 e. The van der Waals surface area contributed by atoms with Gasteiger partial charge in [0, 0.05) is 22.9 Å². The van der Waals surface area contributed by atoms with E-state index in [4.69, 9.17) is 0 Å². The van der Waals surface area contributed by atoms with Gasteiger partial charge in [-0.05, 0) is 31.7 Å². The predicted molar refractivity (Wildman–Crippen MR) is 70.5 cm³/mol. The highest BCUT2D eigenvalue weighted by atomic mass is 32.1. The molecule has 0 aromatic carbocycles. The third kappa shape index (κ3) is 2.43. The summed E-state index contributed by atoms with van der Waals surface area (Å²) >= 11 is 5.73. The lowest BCUT2D eigenvalue weighted by Crippen LogP contribution is -2.44. The number of nitrogens with zero attached hydrogens (tertiary/aromatic N) is 1. The molecule has 4 heteroatoms. The van der Waals surface area contributed by atoms with E-state index in [0.717, 1.165) is 22.7 Å². The lowest BCUT2D eigenvalue weighted by Gasteiger charge is -2.36. The number of amides is 1. The number of rotatable bonds is 1. The molecule has 2 rings (SSSR count). The second-order valence-electron chi connectivity index (χ2n) is 4.66. The van der Waals surface area contributed by atoms with Crippen LogP contribution in [0.1, 0.15) is 36.4 Å². The summed E-state index contributed by atoms with van der Waals surface area (Å²) in [6.07, 6.45) is 2.35. The highest BCUT2D eigenvalue weighted by Gasteiger charge is 2.28. The summed E-state index contributed by atoms with van der Waals surface area (Å²) in [5.41, 5.74) is 0. The fourth-order valence-electron chi connectivity index (χ4n) is 2.15. The summed E-state index contributed by atoms with van der Waals surface area (Å²) in [7, 11) is 0. The van der Waals surface area contributed by atoms with Crippen LogP contribution in [0.4, 0.5) is 0 Å². The van der Waals surface area contributed by atoms with Gasteiger partial charge in [0.1, 0.15) is 0 Å². The van der Waals surface area contributed by atoms with Gasteiger partial charge in [-0.1, -0.05) is 6.92 Å². The Kier molecular flexibility index (Phi) is 3.60. The summed E-state index contributed by atoms with van der Waals surface area (Å²) in [4.78, 5) is 16.0. The Hall–Kier alpha value is -0.480. The van der Waals surface area contributed by atoms with Crippen LogP contribution >= 0.6 is 24.0 Å². The third-order valence-electron chi connectivity index (χ3n) is 3.17. The predicted octanol–water partition coefficient (Wildman–Crippen LogP) is 3.30. The fraction of sp³-hybridized carbons (Fsp3) is 0.583. The van der Waals surface area contributed by atoms with Crippen LogP contribution < -0.4 is 0 Å². The molecule has 1 aromatic rings. The van der Waals surface area contributed by atoms with E-state index >= 15 is 0 Å². The number of thiol groups is 1. The van der Waals surface area contributed by atoms with Gasteiger partial charge in [-0.15, -0.1) is 24.0 Å². The first-order valence-corrected chi connectivity index (χ1v) is 6.99. The van der Waals surface area contributed by atoms with E-state index in [0.29, 0.717) is 12.0 Å². The molecular weight excluding hydrogens is 238 g/mol. The van der Waals surface area contributed by atoms with Gasteiger partial charge < -0.3 is 4.90 Å². The molecule has 2 heterocycles. The van der Waals surface area contributed by atoms with Crippen molar-refractivity contribution in [3.8, 4) is 0 Å². The van der Waals surface area contributed by atoms with Crippen LogP contribution in [-0.2, 0) is 0 Å². The summed E-state index contributed by atoms with van der Waals surface area (Å²) in [5.74, 6) is 0.792. The highest BCUT2D eigenvalue weighted by Crippen LogP contribution is 2.26. The normalized spacial score (nSPS) is 25.8. The van der Waals surface area contributed by atoms with Gasteiger partial charge in [0.15, 0.2) is 0 Å². The molecule has 2 unspecified atom stereocenters. The Bertz CT molecular complexity index is 388. The minimum Gasteiger partial charge on any atom is -0.335 e. The largest absolute Gasteiger partial charge is 0.335 e. The van der Waals surface area contributed by atoms with Crippen molar-refractivity contribution in [2.24, 2.45) is 5.92 Å². The van der Waals surface area contributed by atoms with Gasteiger partial charge in [0.25, 0.3) is 5.91 Å². The second-order valence-corrected chi connectivity index (χ2v) is 6.09. The van der Waals surface area contributed by atoms with Crippen LogP contribution in [-0.4, -0.2) is 23.4 Å². The number of hydrogen-bond acceptors (Lipinski definition) is 3. The van der Waals surface area contributed by atoms with Crippen LogP contribution in [0.15, 0.2) is 16.3 Å². The molecule has 0 N–H and O–H groups in total. The van der Waals surface area contributed by atoms with Crippen molar-refractivity contribution in [3.05, 3.63) is 16.3 Å². The van der Waals surface area contributed by atoms with E-state index in [-0.39, 0.29) is 5.91 Å². The molecule has 1 aliphatic rings. The van der Waals surface area contributed by atoms with Crippen molar-refractivity contribution in [2.75, 3.05) is 6.54 Å². The highest BCUT2D eigenvalue weighted by molar-refractivity contribution is 7.80. The van der Waals surface area contributed by atoms with Gasteiger partial charge >= 0.3 is 0 Å². The van der Waals surface area contributed by atoms with Crippen molar-refractivity contribution < 1.29 is 4.79 Å². The molecule has 88 valence electrons. The van der Waals surface area contributed by atoms with Crippen LogP contribution in [0, 0.1) is 5.92 Å². The zero-order chi connectivity index (χ0) is 11.7. The van der Waals surface area contributed by atoms with Gasteiger partial charge in [0.2, 0.25) is 0 Å². The van der Waals surface area contributed by atoms with E-state index in [2.05, 4.69) is 26.5 Å². The number of carbonyl (C=O) groups excluding carboxylic acids is 1. The number of thiophene rings is 1. The Morgan fingerprint density at radius 3 is 2.88 bits per heavy atom. The van der Waals surface area contributed by atoms with E-state index in [1.807, 2.05) is 16.3 Å². The fourth-order valence-corrected chi connectivity index (χ4v) is 3.25. The lowest BCUT2D eigenvalue weighted by molar-refractivity contribution is 0.0579. The van der Waals surface area contributed by atoms with Crippen LogP contribution in [0.3, 0.4) is 0 Å². The molecule has 2 nitrogen and oxygen atoms in total. The molecule has 1 fully saturated rings. The van der Waals surface area contributed by atoms with E-state index in [1.54, 1.807) is 0 Å². The van der Waals surface area contributed by atoms with Crippen molar-refractivity contribution >= 4 is 29.9 Å². The average molecular weight is 255 g/mol. The smallest absolute Gasteiger partial charge is 0.264 e. The average Bonchev–Trinajstić information content (AvgIpc) is 2.67. The maximum atomic E-state index is 12.3. The molecule has 0 saturated carbocycles. The molecule has 1 aromatic heterocycles. The Morgan fingerprint density at radius 1 is 1.50 bits per heavy atom. The molecule has 1 amide bonds. The Labute approximate surface area is 106 Å². The SMILES string of the molecule is CC1CCC(C)N(C(=O)c2cc(S)cs2)C1. The topological polar surface area (TPSA) is 20.3 Å². The monoisotopic (exact) mass is 255 g/mol. The molecule has 0 radical (unpaired) electrons. The molecule has 16 heavy (non-hydrogen) atoms. The molecule has 1 saturated heterocycles. The number of piperidine rings is 1. The first kappa shape index (κ1) is 12.0. The Balaban J connectivity index is 2.14. The number of likely N-dealkylation sites (tertiary alicyclic amines) is 1. The number of hydrogen-bond donors (Lipinski definition) is 1. The quantitative estimate of drug-likeness (QED) is 0.763. The van der Waals surface area contributed by atoms with Crippen molar-refractivity contribution in [2.45, 2.75) is 37.6 Å². The molecule has 2 atom stereocenters. The summed E-state index contributed by atoms with van der Waals surface area (Å²) < 4.78 is 0. The van der Waals surface area contributed by atoms with E-state index in [9.17, 15) is 4.79 Å². The summed E-state index contributed by atoms with van der Waals surface area (Å²) in [6.45, 7) is 5.24. The first-order valence-electron chi connectivity index (χ1n) is 5.66. The van der Waals surface area contributed by atoms with Crippen molar-refractivity contribution in [3.63, 3.8) is 0 Å². The molecule has 0 bridgehead atoms. The van der Waals surface area contributed by atoms with Crippen molar-refractivity contribution in [1.29, 1.82) is 0 Å². The van der Waals surface area contributed by atoms with E-state index in [1.165, 1.54) is 17.8 Å². The van der Waals surface area contributed by atoms with Crippen LogP contribution in [0.5, 0.6) is 0 Å². The van der Waals surface area contributed by atoms with Crippen LogP contribution in [0.2, 0.25) is 0 Å². The maximum absolute atomic E-state index is 12.3. The van der Waals surface area contributed by atoms with Gasteiger partial charge in [-0.2, -0.15) is 0 Å². The lowest BCUT2D eigenvalue weighted by atomic mass is 9.95. The third-order valence-corrected chi connectivity index (χ3v) is 4.53. The molecule has 1 aliphatic heterocycles. The first-order chi connectivity index (χ1) is 7.58.